The first kappa shape index (κ1) is 31.3. The van der Waals surface area contributed by atoms with Crippen molar-refractivity contribution in [1.82, 2.24) is 19.1 Å². The van der Waals surface area contributed by atoms with E-state index in [1.807, 2.05) is 41.7 Å². The van der Waals surface area contributed by atoms with Gasteiger partial charge in [0.05, 0.1) is 44.5 Å². The van der Waals surface area contributed by atoms with Crippen molar-refractivity contribution in [3.63, 3.8) is 0 Å². The van der Waals surface area contributed by atoms with E-state index in [1.54, 1.807) is 0 Å². The van der Waals surface area contributed by atoms with Crippen LogP contribution in [0.1, 0.15) is 5.56 Å². The second-order valence-electron chi connectivity index (χ2n) is 14.6. The van der Waals surface area contributed by atoms with Crippen molar-refractivity contribution in [2.24, 2.45) is 0 Å². The van der Waals surface area contributed by atoms with Gasteiger partial charge in [0.1, 0.15) is 0 Å². The standard InChI is InChI=1S/C51H32N4S/c1-31-30-33(48-47(32-16-4-2-5-17-32)52-38-23-11-12-24-39(38)53-48)28-29-40(31)55-42-26-14-9-21-36(42)46-50(55)49-44(45-37-22-10-15-27-43(37)56-51(45)46)35-20-8-13-25-41(35)54(49)34-18-6-3-7-19-34/h2-30H,1H3. The summed E-state index contributed by atoms with van der Waals surface area (Å²) in [6.07, 6.45) is 0. The summed E-state index contributed by atoms with van der Waals surface area (Å²) in [5, 5.41) is 7.73. The van der Waals surface area contributed by atoms with E-state index >= 15 is 0 Å². The summed E-state index contributed by atoms with van der Waals surface area (Å²) in [6.45, 7) is 2.23. The molecular weight excluding hydrogens is 701 g/mol. The van der Waals surface area contributed by atoms with Crippen LogP contribution in [0.25, 0.3) is 109 Å². The third-order valence-corrected chi connectivity index (χ3v) is 12.6. The lowest BCUT2D eigenvalue weighted by Gasteiger charge is -2.16. The van der Waals surface area contributed by atoms with Gasteiger partial charge in [-0.2, -0.15) is 0 Å². The molecule has 56 heavy (non-hydrogen) atoms. The number of aromatic nitrogens is 4. The average molecular weight is 733 g/mol. The van der Waals surface area contributed by atoms with Crippen LogP contribution in [0.2, 0.25) is 0 Å². The Morgan fingerprint density at radius 3 is 1.71 bits per heavy atom. The highest BCUT2D eigenvalue weighted by atomic mass is 32.1. The molecule has 12 rings (SSSR count). The van der Waals surface area contributed by atoms with Gasteiger partial charge in [-0.3, -0.25) is 0 Å². The zero-order chi connectivity index (χ0) is 36.9. The second-order valence-corrected chi connectivity index (χ2v) is 15.6. The topological polar surface area (TPSA) is 35.6 Å². The molecule has 0 saturated carbocycles. The van der Waals surface area contributed by atoms with Crippen LogP contribution in [0.3, 0.4) is 0 Å². The highest BCUT2D eigenvalue weighted by molar-refractivity contribution is 7.27. The predicted molar refractivity (Wildman–Crippen MR) is 237 cm³/mol. The van der Waals surface area contributed by atoms with Crippen LogP contribution in [0.15, 0.2) is 176 Å². The molecule has 4 nitrogen and oxygen atoms in total. The fourth-order valence-corrected chi connectivity index (χ4v) is 10.3. The molecule has 0 aliphatic heterocycles. The smallest absolute Gasteiger partial charge is 0.0973 e. The first-order valence-corrected chi connectivity index (χ1v) is 19.8. The number of hydrogen-bond donors (Lipinski definition) is 0. The van der Waals surface area contributed by atoms with Crippen LogP contribution in [0.5, 0.6) is 0 Å². The Bertz CT molecular complexity index is 3540. The molecule has 4 aromatic heterocycles. The highest BCUT2D eigenvalue weighted by Gasteiger charge is 2.27. The SMILES string of the molecule is Cc1cc(-c2nc3ccccc3nc2-c2ccccc2)ccc1-n1c2ccccc2c2c3sc4ccccc4c3c3c4ccccc4n(-c4ccccc4)c3c21. The average Bonchev–Trinajstić information content (AvgIpc) is 3.92. The molecule has 0 aliphatic carbocycles. The molecule has 8 aromatic carbocycles. The molecule has 0 amide bonds. The van der Waals surface area contributed by atoms with Gasteiger partial charge in [-0.1, -0.05) is 121 Å². The maximum Gasteiger partial charge on any atom is 0.0973 e. The Hall–Kier alpha value is -7.08. The van der Waals surface area contributed by atoms with Crippen LogP contribution in [0.4, 0.5) is 0 Å². The number of nitrogens with zero attached hydrogens (tertiary/aromatic N) is 4. The normalized spacial score (nSPS) is 12.0. The Kier molecular flexibility index (Phi) is 6.68. The van der Waals surface area contributed by atoms with Crippen molar-refractivity contribution in [3.8, 4) is 33.9 Å². The minimum atomic E-state index is 0.880. The zero-order valence-corrected chi connectivity index (χ0v) is 31.3. The molecule has 0 spiro atoms. The largest absolute Gasteiger partial charge is 0.307 e. The zero-order valence-electron chi connectivity index (χ0n) is 30.4. The van der Waals surface area contributed by atoms with E-state index in [9.17, 15) is 0 Å². The van der Waals surface area contributed by atoms with Crippen molar-refractivity contribution < 1.29 is 0 Å². The first-order valence-electron chi connectivity index (χ1n) is 19.0. The molecule has 12 aromatic rings. The van der Waals surface area contributed by atoms with Crippen LogP contribution in [-0.4, -0.2) is 19.1 Å². The minimum absolute atomic E-state index is 0.880. The lowest BCUT2D eigenvalue weighted by Crippen LogP contribution is -2.01. The van der Waals surface area contributed by atoms with Crippen molar-refractivity contribution in [2.45, 2.75) is 6.92 Å². The van der Waals surface area contributed by atoms with Gasteiger partial charge in [0.2, 0.25) is 0 Å². The molecular formula is C51H32N4S. The summed E-state index contributed by atoms with van der Waals surface area (Å²) in [6, 6.07) is 63.0. The number of rotatable bonds is 4. The summed E-state index contributed by atoms with van der Waals surface area (Å²) in [4.78, 5) is 10.4. The van der Waals surface area contributed by atoms with Crippen LogP contribution in [0, 0.1) is 6.92 Å². The number of benzene rings is 8. The summed E-state index contributed by atoms with van der Waals surface area (Å²) in [5.74, 6) is 0. The lowest BCUT2D eigenvalue weighted by molar-refractivity contribution is 1.13. The molecule has 0 unspecified atom stereocenters. The van der Waals surface area contributed by atoms with Crippen molar-refractivity contribution in [3.05, 3.63) is 181 Å². The van der Waals surface area contributed by atoms with E-state index in [0.29, 0.717) is 0 Å². The second kappa shape index (κ2) is 12.0. The van der Waals surface area contributed by atoms with Gasteiger partial charge in [0.15, 0.2) is 0 Å². The molecule has 0 N–H and O–H groups in total. The monoisotopic (exact) mass is 732 g/mol. The van der Waals surface area contributed by atoms with Crippen LogP contribution in [-0.2, 0) is 0 Å². The van der Waals surface area contributed by atoms with Gasteiger partial charge in [-0.15, -0.1) is 11.3 Å². The van der Waals surface area contributed by atoms with E-state index in [0.717, 1.165) is 50.5 Å². The Morgan fingerprint density at radius 2 is 1.00 bits per heavy atom. The van der Waals surface area contributed by atoms with Crippen LogP contribution < -0.4 is 0 Å². The van der Waals surface area contributed by atoms with E-state index in [1.165, 1.54) is 63.8 Å². The van der Waals surface area contributed by atoms with Gasteiger partial charge in [0.25, 0.3) is 0 Å². The maximum absolute atomic E-state index is 5.25. The first-order chi connectivity index (χ1) is 27.7. The number of fused-ring (bicyclic) bond motifs is 13. The summed E-state index contributed by atoms with van der Waals surface area (Å²) in [7, 11) is 0. The molecule has 0 saturated heterocycles. The van der Waals surface area contributed by atoms with Gasteiger partial charge >= 0.3 is 0 Å². The van der Waals surface area contributed by atoms with Gasteiger partial charge < -0.3 is 9.13 Å². The summed E-state index contributed by atoms with van der Waals surface area (Å²) >= 11 is 1.91. The van der Waals surface area contributed by atoms with Crippen molar-refractivity contribution in [2.75, 3.05) is 0 Å². The summed E-state index contributed by atoms with van der Waals surface area (Å²) in [5.41, 5.74) is 13.9. The number of thiophene rings is 1. The minimum Gasteiger partial charge on any atom is -0.307 e. The quantitative estimate of drug-likeness (QED) is 0.181. The van der Waals surface area contributed by atoms with Crippen molar-refractivity contribution in [1.29, 1.82) is 0 Å². The molecule has 0 radical (unpaired) electrons. The lowest BCUT2D eigenvalue weighted by atomic mass is 10.0. The Labute approximate surface area is 326 Å². The molecule has 5 heteroatoms. The van der Waals surface area contributed by atoms with Gasteiger partial charge in [0, 0.05) is 64.2 Å². The fourth-order valence-electron chi connectivity index (χ4n) is 9.03. The molecule has 262 valence electrons. The van der Waals surface area contributed by atoms with E-state index < -0.39 is 0 Å². The Morgan fingerprint density at radius 1 is 0.446 bits per heavy atom. The highest BCUT2D eigenvalue weighted by Crippen LogP contribution is 2.51. The van der Waals surface area contributed by atoms with Crippen molar-refractivity contribution >= 4 is 86.2 Å². The van der Waals surface area contributed by atoms with E-state index in [4.69, 9.17) is 9.97 Å². The number of hydrogen-bond acceptors (Lipinski definition) is 3. The molecule has 0 aliphatic rings. The summed E-state index contributed by atoms with van der Waals surface area (Å²) < 4.78 is 7.65. The molecule has 4 heterocycles. The third kappa shape index (κ3) is 4.40. The fraction of sp³-hybridized carbons (Fsp3) is 0.0196. The molecule has 0 atom stereocenters. The van der Waals surface area contributed by atoms with Crippen LogP contribution >= 0.6 is 11.3 Å². The van der Waals surface area contributed by atoms with Gasteiger partial charge in [-0.05, 0) is 67.1 Å². The molecule has 0 bridgehead atoms. The number of para-hydroxylation sites is 5. The Balaban J connectivity index is 1.23. The predicted octanol–water partition coefficient (Wildman–Crippen LogP) is 13.8. The van der Waals surface area contributed by atoms with E-state index in [-0.39, 0.29) is 0 Å². The van der Waals surface area contributed by atoms with Gasteiger partial charge in [-0.25, -0.2) is 9.97 Å². The number of aryl methyl sites for hydroxylation is 1. The van der Waals surface area contributed by atoms with E-state index in [2.05, 4.69) is 162 Å². The molecule has 0 fully saturated rings. The third-order valence-electron chi connectivity index (χ3n) is 11.4. The maximum atomic E-state index is 5.25.